The molecule has 2 saturated heterocycles. The average Bonchev–Trinajstić information content (AvgIpc) is 3.09. The van der Waals surface area contributed by atoms with Crippen LogP contribution in [0.1, 0.15) is 19.4 Å². The summed E-state index contributed by atoms with van der Waals surface area (Å²) < 4.78 is 22.6. The zero-order chi connectivity index (χ0) is 21.6. The lowest BCUT2D eigenvalue weighted by molar-refractivity contribution is -0.135. The van der Waals surface area contributed by atoms with Crippen molar-refractivity contribution in [2.45, 2.75) is 36.1 Å². The van der Waals surface area contributed by atoms with E-state index >= 15 is 0 Å². The van der Waals surface area contributed by atoms with E-state index in [9.17, 15) is 18.4 Å². The Morgan fingerprint density at radius 1 is 1.13 bits per heavy atom. The summed E-state index contributed by atoms with van der Waals surface area (Å²) in [5, 5.41) is 0.844. The molecule has 0 radical (unpaired) electrons. The van der Waals surface area contributed by atoms with Crippen LogP contribution >= 0.6 is 11.8 Å². The molecule has 0 bridgehead atoms. The highest BCUT2D eigenvalue weighted by atomic mass is 32.2. The number of carbonyl (C=O) groups excluding carboxylic acids is 2. The molecule has 2 aromatic rings. The minimum absolute atomic E-state index is 0.229. The van der Waals surface area contributed by atoms with Crippen molar-refractivity contribution in [3.05, 3.63) is 48.0 Å². The highest BCUT2D eigenvalue weighted by Gasteiger charge is 2.58. The maximum Gasteiger partial charge on any atom is 0.327 e. The van der Waals surface area contributed by atoms with Gasteiger partial charge in [-0.2, -0.15) is 0 Å². The fraction of sp³-hybridized carbons (Fsp3) is 0.455. The third-order valence-electron chi connectivity index (χ3n) is 5.89. The van der Waals surface area contributed by atoms with Crippen molar-refractivity contribution in [3.8, 4) is 0 Å². The summed E-state index contributed by atoms with van der Waals surface area (Å²) in [4.78, 5) is 28.6. The van der Waals surface area contributed by atoms with Crippen LogP contribution in [0.15, 0.2) is 42.5 Å². The Labute approximate surface area is 183 Å². The fourth-order valence-corrected chi connectivity index (χ4v) is 7.75. The van der Waals surface area contributed by atoms with Gasteiger partial charge in [0.25, 0.3) is 0 Å². The number of amides is 3. The van der Waals surface area contributed by atoms with Crippen LogP contribution in [0, 0.1) is 11.8 Å². The number of imide groups is 1. The first-order valence-corrected chi connectivity index (χ1v) is 12.2. The van der Waals surface area contributed by atoms with E-state index in [1.807, 2.05) is 50.2 Å². The molecule has 0 saturated carbocycles. The van der Waals surface area contributed by atoms with Crippen molar-refractivity contribution < 1.29 is 18.4 Å². The highest BCUT2D eigenvalue weighted by Crippen LogP contribution is 2.47. The number of hydrogen-bond donors (Lipinski definition) is 1. The monoisotopic (exact) mass is 446 g/mol. The minimum atomic E-state index is -2.18. The van der Waals surface area contributed by atoms with Gasteiger partial charge >= 0.3 is 6.03 Å². The van der Waals surface area contributed by atoms with Gasteiger partial charge in [0.05, 0.1) is 16.5 Å². The van der Waals surface area contributed by atoms with Crippen molar-refractivity contribution in [1.82, 2.24) is 9.80 Å². The molecule has 3 amide bonds. The number of hydrogen-bond acceptors (Lipinski definition) is 4. The standard InChI is InChI=1S/C22H26N2O4S2/c1-13(2)12-24-21-18(20(25)23(3)22(24)26)19(30(27)28)17(29-21)11-15-9-6-8-14-7-4-5-10-16(14)15/h4-10,13,17-19,21H,11-12H2,1-3H3,(H,27,28). The predicted molar refractivity (Wildman–Crippen MR) is 121 cm³/mol. The van der Waals surface area contributed by atoms with E-state index in [-0.39, 0.29) is 23.1 Å². The van der Waals surface area contributed by atoms with Crippen LogP contribution in [0.25, 0.3) is 10.8 Å². The van der Waals surface area contributed by atoms with E-state index in [4.69, 9.17) is 0 Å². The van der Waals surface area contributed by atoms with E-state index < -0.39 is 27.6 Å². The molecule has 4 rings (SSSR count). The Kier molecular flexibility index (Phi) is 5.92. The summed E-state index contributed by atoms with van der Waals surface area (Å²) in [6.07, 6.45) is 0.566. The van der Waals surface area contributed by atoms with Crippen molar-refractivity contribution >= 4 is 45.6 Å². The molecule has 2 aromatic carbocycles. The second kappa shape index (κ2) is 8.32. The first-order chi connectivity index (χ1) is 14.3. The van der Waals surface area contributed by atoms with Gasteiger partial charge in [-0.1, -0.05) is 56.3 Å². The van der Waals surface area contributed by atoms with Crippen LogP contribution in [-0.2, 0) is 22.3 Å². The molecule has 8 heteroatoms. The molecule has 2 aliphatic heterocycles. The first-order valence-electron chi connectivity index (χ1n) is 10.1. The molecule has 2 fully saturated rings. The Morgan fingerprint density at radius 2 is 1.83 bits per heavy atom. The van der Waals surface area contributed by atoms with E-state index in [1.54, 1.807) is 4.90 Å². The summed E-state index contributed by atoms with van der Waals surface area (Å²) in [5.74, 6) is -0.806. The molecule has 5 atom stereocenters. The fourth-order valence-electron chi connectivity index (χ4n) is 4.57. The second-order valence-electron chi connectivity index (χ2n) is 8.40. The van der Waals surface area contributed by atoms with Crippen molar-refractivity contribution in [1.29, 1.82) is 0 Å². The minimum Gasteiger partial charge on any atom is -0.311 e. The van der Waals surface area contributed by atoms with E-state index in [0.29, 0.717) is 13.0 Å². The molecule has 0 aromatic heterocycles. The molecule has 0 aliphatic carbocycles. The Hall–Kier alpha value is -1.90. The molecule has 1 N–H and O–H groups in total. The summed E-state index contributed by atoms with van der Waals surface area (Å²) in [7, 11) is 1.47. The molecule has 5 unspecified atom stereocenters. The van der Waals surface area contributed by atoms with Crippen molar-refractivity contribution in [3.63, 3.8) is 0 Å². The quantitative estimate of drug-likeness (QED) is 0.711. The largest absolute Gasteiger partial charge is 0.327 e. The van der Waals surface area contributed by atoms with Crippen LogP contribution in [0.4, 0.5) is 4.79 Å². The zero-order valence-corrected chi connectivity index (χ0v) is 18.9. The molecule has 30 heavy (non-hydrogen) atoms. The normalized spacial score (nSPS) is 27.8. The van der Waals surface area contributed by atoms with Crippen LogP contribution in [-0.4, -0.2) is 60.0 Å². The number of nitrogens with zero attached hydrogens (tertiary/aromatic N) is 2. The number of carbonyl (C=O) groups is 2. The topological polar surface area (TPSA) is 77.9 Å². The van der Waals surface area contributed by atoms with E-state index in [2.05, 4.69) is 6.07 Å². The average molecular weight is 447 g/mol. The summed E-state index contributed by atoms with van der Waals surface area (Å²) in [6.45, 7) is 4.55. The molecular weight excluding hydrogens is 420 g/mol. The summed E-state index contributed by atoms with van der Waals surface area (Å²) in [6, 6.07) is 13.8. The number of thioether (sulfide) groups is 1. The second-order valence-corrected chi connectivity index (χ2v) is 10.9. The van der Waals surface area contributed by atoms with Crippen LogP contribution in [0.5, 0.6) is 0 Å². The summed E-state index contributed by atoms with van der Waals surface area (Å²) in [5.41, 5.74) is 1.09. The van der Waals surface area contributed by atoms with Gasteiger partial charge in [0, 0.05) is 18.8 Å². The molecule has 0 spiro atoms. The lowest BCUT2D eigenvalue weighted by Crippen LogP contribution is -2.61. The Morgan fingerprint density at radius 3 is 2.53 bits per heavy atom. The zero-order valence-electron chi connectivity index (χ0n) is 17.2. The smallest absolute Gasteiger partial charge is 0.311 e. The van der Waals surface area contributed by atoms with Crippen LogP contribution in [0.2, 0.25) is 0 Å². The lowest BCUT2D eigenvalue weighted by Gasteiger charge is -2.41. The van der Waals surface area contributed by atoms with Crippen LogP contribution in [0.3, 0.4) is 0 Å². The first kappa shape index (κ1) is 21.3. The molecule has 160 valence electrons. The van der Waals surface area contributed by atoms with Gasteiger partial charge < -0.3 is 9.45 Å². The van der Waals surface area contributed by atoms with Gasteiger partial charge in [-0.05, 0) is 28.7 Å². The Balaban J connectivity index is 1.71. The third-order valence-corrected chi connectivity index (χ3v) is 8.79. The SMILES string of the molecule is CC(C)CN1C(=O)N(C)C(=O)C2C1SC(Cc1cccc3ccccc13)C2S(=O)O. The van der Waals surface area contributed by atoms with Gasteiger partial charge in [0.2, 0.25) is 5.91 Å². The van der Waals surface area contributed by atoms with E-state index in [0.717, 1.165) is 21.2 Å². The van der Waals surface area contributed by atoms with Gasteiger partial charge in [-0.25, -0.2) is 9.00 Å². The molecular formula is C22H26N2O4S2. The van der Waals surface area contributed by atoms with Crippen molar-refractivity contribution in [2.24, 2.45) is 11.8 Å². The lowest BCUT2D eigenvalue weighted by atomic mass is 9.93. The number of rotatable bonds is 5. The number of fused-ring (bicyclic) bond motifs is 2. The highest BCUT2D eigenvalue weighted by molar-refractivity contribution is 8.01. The van der Waals surface area contributed by atoms with Gasteiger partial charge in [0.15, 0.2) is 11.1 Å². The molecule has 2 aliphatic rings. The summed E-state index contributed by atoms with van der Waals surface area (Å²) >= 11 is -0.679. The maximum absolute atomic E-state index is 13.0. The van der Waals surface area contributed by atoms with Gasteiger partial charge in [-0.3, -0.25) is 9.69 Å². The number of benzene rings is 2. The maximum atomic E-state index is 13.0. The van der Waals surface area contributed by atoms with Crippen LogP contribution < -0.4 is 0 Å². The molecule has 6 nitrogen and oxygen atoms in total. The number of urea groups is 1. The van der Waals surface area contributed by atoms with E-state index in [1.165, 1.54) is 18.8 Å². The van der Waals surface area contributed by atoms with Gasteiger partial charge in [-0.15, -0.1) is 11.8 Å². The Bertz CT molecular complexity index is 1010. The van der Waals surface area contributed by atoms with Crippen molar-refractivity contribution in [2.75, 3.05) is 13.6 Å². The predicted octanol–water partition coefficient (Wildman–Crippen LogP) is 3.58. The molecule has 2 heterocycles. The van der Waals surface area contributed by atoms with Gasteiger partial charge in [0.1, 0.15) is 0 Å². The third kappa shape index (κ3) is 3.65.